The van der Waals surface area contributed by atoms with Crippen molar-refractivity contribution in [1.82, 2.24) is 4.90 Å². The van der Waals surface area contributed by atoms with Crippen molar-refractivity contribution >= 4 is 11.9 Å². The lowest BCUT2D eigenvalue weighted by Gasteiger charge is -2.15. The number of rotatable bonds is 4. The summed E-state index contributed by atoms with van der Waals surface area (Å²) >= 11 is 0. The van der Waals surface area contributed by atoms with Crippen LogP contribution in [-0.4, -0.2) is 36.0 Å². The van der Waals surface area contributed by atoms with Gasteiger partial charge in [0.1, 0.15) is 0 Å². The number of amides is 1. The van der Waals surface area contributed by atoms with Crippen LogP contribution in [0.1, 0.15) is 40.7 Å². The molecule has 112 valence electrons. The Kier molecular flexibility index (Phi) is 3.70. The molecule has 0 unspecified atom stereocenters. The number of aryl methyl sites for hydroxylation is 2. The van der Waals surface area contributed by atoms with Gasteiger partial charge in [0.05, 0.1) is 12.2 Å². The highest BCUT2D eigenvalue weighted by atomic mass is 16.5. The highest BCUT2D eigenvalue weighted by molar-refractivity contribution is 5.91. The Bertz CT molecular complexity index is 577. The number of hydrogen-bond acceptors (Lipinski definition) is 3. The molecule has 1 heterocycles. The Morgan fingerprint density at radius 2 is 2.10 bits per heavy atom. The summed E-state index contributed by atoms with van der Waals surface area (Å²) in [5.41, 5.74) is 2.68. The number of hydrogen-bond donors (Lipinski definition) is 0. The summed E-state index contributed by atoms with van der Waals surface area (Å²) in [5, 5.41) is 0. The number of benzene rings is 1. The summed E-state index contributed by atoms with van der Waals surface area (Å²) in [5.74, 6) is 0.0719. The Labute approximate surface area is 125 Å². The summed E-state index contributed by atoms with van der Waals surface area (Å²) < 4.78 is 5.41. The molecule has 0 radical (unpaired) electrons. The SMILES string of the molecule is Cc1ccc(C(=O)OC[C@H]2CC(=O)N(C3CC3)C2)c(C)c1. The maximum Gasteiger partial charge on any atom is 0.338 e. The van der Waals surface area contributed by atoms with Gasteiger partial charge in [-0.05, 0) is 38.3 Å². The third-order valence-corrected chi connectivity index (χ3v) is 4.28. The fourth-order valence-corrected chi connectivity index (χ4v) is 2.97. The van der Waals surface area contributed by atoms with Crippen LogP contribution < -0.4 is 0 Å². The molecular weight excluding hydrogens is 266 g/mol. The van der Waals surface area contributed by atoms with Gasteiger partial charge in [-0.1, -0.05) is 17.7 Å². The van der Waals surface area contributed by atoms with Gasteiger partial charge in [0.15, 0.2) is 0 Å². The molecular formula is C17H21NO3. The molecule has 3 rings (SSSR count). The minimum absolute atomic E-state index is 0.146. The van der Waals surface area contributed by atoms with E-state index in [4.69, 9.17) is 4.74 Å². The highest BCUT2D eigenvalue weighted by Crippen LogP contribution is 2.32. The Morgan fingerprint density at radius 1 is 1.33 bits per heavy atom. The van der Waals surface area contributed by atoms with Crippen LogP contribution in [0, 0.1) is 19.8 Å². The predicted molar refractivity (Wildman–Crippen MR) is 79.0 cm³/mol. The molecule has 1 saturated heterocycles. The zero-order valence-corrected chi connectivity index (χ0v) is 12.6. The molecule has 1 amide bonds. The van der Waals surface area contributed by atoms with Crippen molar-refractivity contribution in [1.29, 1.82) is 0 Å². The number of carbonyl (C=O) groups excluding carboxylic acids is 2. The summed E-state index contributed by atoms with van der Waals surface area (Å²) in [7, 11) is 0. The van der Waals surface area contributed by atoms with E-state index in [2.05, 4.69) is 0 Å². The average Bonchev–Trinajstić information content (AvgIpc) is 3.20. The van der Waals surface area contributed by atoms with Crippen LogP contribution in [0.15, 0.2) is 18.2 Å². The van der Waals surface area contributed by atoms with Gasteiger partial charge in [0.2, 0.25) is 5.91 Å². The first-order valence-electron chi connectivity index (χ1n) is 7.58. The van der Waals surface area contributed by atoms with Gasteiger partial charge in [-0.15, -0.1) is 0 Å². The van der Waals surface area contributed by atoms with E-state index in [0.29, 0.717) is 24.6 Å². The van der Waals surface area contributed by atoms with Crippen LogP contribution >= 0.6 is 0 Å². The summed E-state index contributed by atoms with van der Waals surface area (Å²) in [6, 6.07) is 6.16. The molecule has 0 aromatic heterocycles. The topological polar surface area (TPSA) is 46.6 Å². The molecule has 1 aliphatic carbocycles. The normalized spacial score (nSPS) is 21.7. The van der Waals surface area contributed by atoms with Crippen LogP contribution in [0.25, 0.3) is 0 Å². The Morgan fingerprint density at radius 3 is 2.76 bits per heavy atom. The van der Waals surface area contributed by atoms with E-state index in [9.17, 15) is 9.59 Å². The van der Waals surface area contributed by atoms with Crippen LogP contribution in [-0.2, 0) is 9.53 Å². The van der Waals surface area contributed by atoms with E-state index in [1.165, 1.54) is 0 Å². The Balaban J connectivity index is 1.55. The zero-order valence-electron chi connectivity index (χ0n) is 12.6. The number of esters is 1. The standard InChI is InChI=1S/C17H21NO3/c1-11-3-6-15(12(2)7-11)17(20)21-10-13-8-16(19)18(9-13)14-4-5-14/h3,6-7,13-14H,4-5,8-10H2,1-2H3/t13-/m0/s1. The summed E-state index contributed by atoms with van der Waals surface area (Å²) in [4.78, 5) is 25.9. The van der Waals surface area contributed by atoms with Crippen LogP contribution in [0.3, 0.4) is 0 Å². The van der Waals surface area contributed by atoms with E-state index < -0.39 is 0 Å². The molecule has 1 aromatic carbocycles. The first kappa shape index (κ1) is 14.1. The van der Waals surface area contributed by atoms with E-state index in [1.807, 2.05) is 36.9 Å². The van der Waals surface area contributed by atoms with Gasteiger partial charge < -0.3 is 9.64 Å². The molecule has 0 N–H and O–H groups in total. The lowest BCUT2D eigenvalue weighted by atomic mass is 10.1. The second-order valence-electron chi connectivity index (χ2n) is 6.26. The van der Waals surface area contributed by atoms with Gasteiger partial charge in [0, 0.05) is 24.9 Å². The number of carbonyl (C=O) groups is 2. The number of ether oxygens (including phenoxy) is 1. The second kappa shape index (κ2) is 5.51. The molecule has 1 aliphatic heterocycles. The van der Waals surface area contributed by atoms with Crippen molar-refractivity contribution in [2.45, 2.75) is 39.2 Å². The smallest absolute Gasteiger partial charge is 0.338 e. The number of likely N-dealkylation sites (tertiary alicyclic amines) is 1. The molecule has 4 heteroatoms. The third-order valence-electron chi connectivity index (χ3n) is 4.28. The average molecular weight is 287 g/mol. The van der Waals surface area contributed by atoms with Crippen LogP contribution in [0.4, 0.5) is 0 Å². The second-order valence-corrected chi connectivity index (χ2v) is 6.26. The van der Waals surface area contributed by atoms with Gasteiger partial charge >= 0.3 is 5.97 Å². The first-order chi connectivity index (χ1) is 10.0. The quantitative estimate of drug-likeness (QED) is 0.799. The van der Waals surface area contributed by atoms with Crippen molar-refractivity contribution in [3.8, 4) is 0 Å². The van der Waals surface area contributed by atoms with Crippen molar-refractivity contribution in [2.75, 3.05) is 13.2 Å². The van der Waals surface area contributed by atoms with Gasteiger partial charge in [-0.2, -0.15) is 0 Å². The summed E-state index contributed by atoms with van der Waals surface area (Å²) in [6.45, 7) is 4.99. The molecule has 1 atom stereocenters. The molecule has 0 bridgehead atoms. The van der Waals surface area contributed by atoms with Crippen LogP contribution in [0.2, 0.25) is 0 Å². The molecule has 2 fully saturated rings. The molecule has 0 spiro atoms. The molecule has 4 nitrogen and oxygen atoms in total. The maximum absolute atomic E-state index is 12.1. The zero-order chi connectivity index (χ0) is 15.0. The molecule has 1 aromatic rings. The first-order valence-corrected chi connectivity index (χ1v) is 7.58. The fraction of sp³-hybridized carbons (Fsp3) is 0.529. The number of nitrogens with zero attached hydrogens (tertiary/aromatic N) is 1. The monoisotopic (exact) mass is 287 g/mol. The highest BCUT2D eigenvalue weighted by Gasteiger charge is 2.39. The van der Waals surface area contributed by atoms with Crippen LogP contribution in [0.5, 0.6) is 0 Å². The van der Waals surface area contributed by atoms with Crippen molar-refractivity contribution in [2.24, 2.45) is 5.92 Å². The van der Waals surface area contributed by atoms with Crippen molar-refractivity contribution < 1.29 is 14.3 Å². The van der Waals surface area contributed by atoms with Crippen molar-refractivity contribution in [3.05, 3.63) is 34.9 Å². The van der Waals surface area contributed by atoms with Crippen molar-refractivity contribution in [3.63, 3.8) is 0 Å². The molecule has 21 heavy (non-hydrogen) atoms. The third kappa shape index (κ3) is 3.09. The maximum atomic E-state index is 12.1. The van der Waals surface area contributed by atoms with E-state index in [0.717, 1.165) is 30.5 Å². The minimum atomic E-state index is -0.287. The fourth-order valence-electron chi connectivity index (χ4n) is 2.97. The Hall–Kier alpha value is -1.84. The lowest BCUT2D eigenvalue weighted by molar-refractivity contribution is -0.128. The lowest BCUT2D eigenvalue weighted by Crippen LogP contribution is -2.28. The van der Waals surface area contributed by atoms with Gasteiger partial charge in [0.25, 0.3) is 0 Å². The molecule has 2 aliphatic rings. The van der Waals surface area contributed by atoms with E-state index in [-0.39, 0.29) is 17.8 Å². The largest absolute Gasteiger partial charge is 0.462 e. The van der Waals surface area contributed by atoms with Gasteiger partial charge in [-0.25, -0.2) is 4.79 Å². The minimum Gasteiger partial charge on any atom is -0.462 e. The summed E-state index contributed by atoms with van der Waals surface area (Å²) in [6.07, 6.45) is 2.76. The van der Waals surface area contributed by atoms with E-state index >= 15 is 0 Å². The van der Waals surface area contributed by atoms with E-state index in [1.54, 1.807) is 0 Å². The van der Waals surface area contributed by atoms with Gasteiger partial charge in [-0.3, -0.25) is 4.79 Å². The molecule has 1 saturated carbocycles. The predicted octanol–water partition coefficient (Wildman–Crippen LogP) is 2.47.